The molecule has 0 aromatic heterocycles. The predicted molar refractivity (Wildman–Crippen MR) is 100 cm³/mol. The first kappa shape index (κ1) is 20.7. The number of hydrogen-bond acceptors (Lipinski definition) is 2. The van der Waals surface area contributed by atoms with Crippen LogP contribution in [0.25, 0.3) is 0 Å². The van der Waals surface area contributed by atoms with Crippen LogP contribution < -0.4 is 0 Å². The number of carbonyl (C=O) groups is 2. The Hall–Kier alpha value is -2.36. The van der Waals surface area contributed by atoms with Gasteiger partial charge in [-0.3, -0.25) is 0 Å². The Balaban J connectivity index is 3.07. The highest BCUT2D eigenvalue weighted by Gasteiger charge is 2.26. The van der Waals surface area contributed by atoms with E-state index in [-0.39, 0.29) is 16.6 Å². The summed E-state index contributed by atoms with van der Waals surface area (Å²) in [4.78, 5) is 22.0. The molecule has 0 aromatic carbocycles. The van der Waals surface area contributed by atoms with Gasteiger partial charge < -0.3 is 10.2 Å². The van der Waals surface area contributed by atoms with E-state index in [1.54, 1.807) is 6.08 Å². The van der Waals surface area contributed by atoms with Crippen LogP contribution in [-0.4, -0.2) is 22.2 Å². The first-order valence-electron chi connectivity index (χ1n) is 8.46. The molecule has 0 amide bonds. The largest absolute Gasteiger partial charge is 0.478 e. The van der Waals surface area contributed by atoms with E-state index < -0.39 is 11.9 Å². The Kier molecular flexibility index (Phi) is 7.16. The summed E-state index contributed by atoms with van der Waals surface area (Å²) >= 11 is 0. The Morgan fingerprint density at radius 3 is 2.28 bits per heavy atom. The van der Waals surface area contributed by atoms with E-state index in [0.29, 0.717) is 0 Å². The van der Waals surface area contributed by atoms with Crippen LogP contribution in [0.2, 0.25) is 0 Å². The normalized spacial score (nSPS) is 19.5. The quantitative estimate of drug-likeness (QED) is 0.522. The molecule has 1 aliphatic rings. The molecule has 25 heavy (non-hydrogen) atoms. The van der Waals surface area contributed by atoms with Gasteiger partial charge in [-0.15, -0.1) is 0 Å². The van der Waals surface area contributed by atoms with Crippen molar-refractivity contribution in [2.75, 3.05) is 0 Å². The predicted octanol–water partition coefficient (Wildman–Crippen LogP) is 5.06. The van der Waals surface area contributed by atoms with Crippen LogP contribution in [0.15, 0.2) is 58.2 Å². The van der Waals surface area contributed by atoms with Gasteiger partial charge in [0.2, 0.25) is 0 Å². The van der Waals surface area contributed by atoms with Crippen LogP contribution in [0.4, 0.5) is 0 Å². The lowest BCUT2D eigenvalue weighted by Gasteiger charge is -2.32. The van der Waals surface area contributed by atoms with E-state index in [4.69, 9.17) is 5.11 Å². The summed E-state index contributed by atoms with van der Waals surface area (Å²) in [5, 5.41) is 18.0. The first-order chi connectivity index (χ1) is 11.5. The van der Waals surface area contributed by atoms with Gasteiger partial charge in [0.05, 0.1) is 5.57 Å². The highest BCUT2D eigenvalue weighted by molar-refractivity contribution is 5.94. The van der Waals surface area contributed by atoms with Gasteiger partial charge in [-0.2, -0.15) is 0 Å². The summed E-state index contributed by atoms with van der Waals surface area (Å²) in [7, 11) is 0. The number of carboxylic acid groups (broad SMARTS) is 2. The van der Waals surface area contributed by atoms with Gasteiger partial charge in [0.1, 0.15) is 0 Å². The van der Waals surface area contributed by atoms with E-state index >= 15 is 0 Å². The number of allylic oxidation sites excluding steroid dienone is 7. The summed E-state index contributed by atoms with van der Waals surface area (Å²) in [6.07, 6.45) is 11.6. The minimum atomic E-state index is -1.16. The molecule has 4 heteroatoms. The van der Waals surface area contributed by atoms with Crippen molar-refractivity contribution >= 4 is 11.9 Å². The second-order valence-corrected chi connectivity index (χ2v) is 7.23. The number of rotatable bonds is 6. The maximum absolute atomic E-state index is 11.3. The maximum Gasteiger partial charge on any atom is 0.335 e. The monoisotopic (exact) mass is 344 g/mol. The maximum atomic E-state index is 11.3. The molecule has 2 N–H and O–H groups in total. The lowest BCUT2D eigenvalue weighted by molar-refractivity contribution is -0.132. The molecule has 0 radical (unpaired) electrons. The van der Waals surface area contributed by atoms with Gasteiger partial charge in [0, 0.05) is 6.08 Å². The Labute approximate surface area is 149 Å². The minimum Gasteiger partial charge on any atom is -0.478 e. The number of carboxylic acids is 2. The summed E-state index contributed by atoms with van der Waals surface area (Å²) < 4.78 is 0. The van der Waals surface area contributed by atoms with Gasteiger partial charge in [0.25, 0.3) is 0 Å². The van der Waals surface area contributed by atoms with Crippen molar-refractivity contribution in [2.45, 2.75) is 53.9 Å². The van der Waals surface area contributed by atoms with Crippen LogP contribution in [0.5, 0.6) is 0 Å². The second-order valence-electron chi connectivity index (χ2n) is 7.23. The molecular formula is C21H28O4. The van der Waals surface area contributed by atoms with E-state index in [9.17, 15) is 14.7 Å². The molecular weight excluding hydrogens is 316 g/mol. The summed E-state index contributed by atoms with van der Waals surface area (Å²) in [5.74, 6) is -2.30. The Bertz CT molecular complexity index is 697. The van der Waals surface area contributed by atoms with Crippen molar-refractivity contribution in [1.82, 2.24) is 0 Å². The van der Waals surface area contributed by atoms with Crippen LogP contribution in [-0.2, 0) is 9.59 Å². The smallest absolute Gasteiger partial charge is 0.335 e. The van der Waals surface area contributed by atoms with Crippen LogP contribution in [0.1, 0.15) is 53.9 Å². The molecule has 0 atom stereocenters. The summed E-state index contributed by atoms with van der Waals surface area (Å²) in [5.41, 5.74) is 3.99. The lowest BCUT2D eigenvalue weighted by Crippen LogP contribution is -2.19. The SMILES string of the molecule is CC1=C(/C=C/C(C)=C\C=C(C(=O)O)\C(C)=C/C(=O)O)C(C)(C)CCC1. The zero-order valence-electron chi connectivity index (χ0n) is 15.7. The van der Waals surface area contributed by atoms with Gasteiger partial charge in [-0.05, 0) is 62.7 Å². The molecule has 0 heterocycles. The van der Waals surface area contributed by atoms with Gasteiger partial charge >= 0.3 is 11.9 Å². The zero-order chi connectivity index (χ0) is 19.2. The van der Waals surface area contributed by atoms with E-state index in [1.807, 2.05) is 13.0 Å². The molecule has 1 rings (SSSR count). The average Bonchev–Trinajstić information content (AvgIpc) is 2.44. The van der Waals surface area contributed by atoms with Crippen molar-refractivity contribution in [1.29, 1.82) is 0 Å². The molecule has 0 saturated heterocycles. The average molecular weight is 344 g/mol. The van der Waals surface area contributed by atoms with E-state index in [1.165, 1.54) is 30.6 Å². The molecule has 0 saturated carbocycles. The fourth-order valence-corrected chi connectivity index (χ4v) is 3.13. The van der Waals surface area contributed by atoms with Crippen LogP contribution >= 0.6 is 0 Å². The standard InChI is InChI=1S/C21H28O4/c1-14(8-10-17(20(24)25)16(3)13-19(22)23)9-11-18-15(2)7-6-12-21(18,4)5/h8-11,13H,6-7,12H2,1-5H3,(H,22,23)(H,24,25)/b11-9+,14-8-,16-13-,17-10-. The molecule has 0 fully saturated rings. The number of hydrogen-bond donors (Lipinski definition) is 2. The van der Waals surface area contributed by atoms with Gasteiger partial charge in [0.15, 0.2) is 0 Å². The molecule has 0 aromatic rings. The van der Waals surface area contributed by atoms with E-state index in [2.05, 4.69) is 26.8 Å². The number of aliphatic carboxylic acids is 2. The van der Waals surface area contributed by atoms with Crippen LogP contribution in [0, 0.1) is 5.41 Å². The van der Waals surface area contributed by atoms with Crippen molar-refractivity contribution in [2.24, 2.45) is 5.41 Å². The molecule has 0 unspecified atom stereocenters. The highest BCUT2D eigenvalue weighted by atomic mass is 16.4. The Morgan fingerprint density at radius 1 is 1.12 bits per heavy atom. The molecule has 136 valence electrons. The third-order valence-corrected chi connectivity index (χ3v) is 4.56. The van der Waals surface area contributed by atoms with E-state index in [0.717, 1.165) is 24.5 Å². The Morgan fingerprint density at radius 2 is 1.76 bits per heavy atom. The summed E-state index contributed by atoms with van der Waals surface area (Å²) in [6.45, 7) is 10.0. The fourth-order valence-electron chi connectivity index (χ4n) is 3.13. The first-order valence-corrected chi connectivity index (χ1v) is 8.46. The molecule has 0 bridgehead atoms. The summed E-state index contributed by atoms with van der Waals surface area (Å²) in [6, 6.07) is 0. The van der Waals surface area contributed by atoms with Crippen LogP contribution in [0.3, 0.4) is 0 Å². The lowest BCUT2D eigenvalue weighted by atomic mass is 9.72. The van der Waals surface area contributed by atoms with Crippen molar-refractivity contribution in [3.05, 3.63) is 58.2 Å². The zero-order valence-corrected chi connectivity index (χ0v) is 15.7. The van der Waals surface area contributed by atoms with Crippen molar-refractivity contribution in [3.63, 3.8) is 0 Å². The topological polar surface area (TPSA) is 74.6 Å². The highest BCUT2D eigenvalue weighted by Crippen LogP contribution is 2.40. The van der Waals surface area contributed by atoms with Crippen molar-refractivity contribution in [3.8, 4) is 0 Å². The molecule has 0 spiro atoms. The minimum absolute atomic E-state index is 0.0245. The molecule has 0 aliphatic heterocycles. The second kappa shape index (κ2) is 8.65. The van der Waals surface area contributed by atoms with Gasteiger partial charge in [-0.25, -0.2) is 9.59 Å². The third kappa shape index (κ3) is 6.22. The molecule has 4 nitrogen and oxygen atoms in total. The third-order valence-electron chi connectivity index (χ3n) is 4.56. The fraction of sp³-hybridized carbons (Fsp3) is 0.429. The molecule has 1 aliphatic carbocycles. The van der Waals surface area contributed by atoms with Crippen molar-refractivity contribution < 1.29 is 19.8 Å². The van der Waals surface area contributed by atoms with Gasteiger partial charge in [-0.1, -0.05) is 43.2 Å².